The number of hydrazine groups is 1. The van der Waals surface area contributed by atoms with Gasteiger partial charge in [0.1, 0.15) is 0 Å². The van der Waals surface area contributed by atoms with Crippen molar-refractivity contribution in [1.29, 1.82) is 0 Å². The molecule has 2 rings (SSSR count). The Balaban J connectivity index is 1.95. The minimum absolute atomic E-state index is 0.563. The fraction of sp³-hybridized carbons (Fsp3) is 0.0769. The summed E-state index contributed by atoms with van der Waals surface area (Å²) in [5.41, 5.74) is 8.05. The highest BCUT2D eigenvalue weighted by Crippen LogP contribution is 2.23. The smallest absolute Gasteiger partial charge is 0.0487 e. The molecule has 0 aliphatic rings. The summed E-state index contributed by atoms with van der Waals surface area (Å²) in [4.78, 5) is 0. The van der Waals surface area contributed by atoms with Gasteiger partial charge in [-0.1, -0.05) is 47.5 Å². The minimum atomic E-state index is 0.563. The molecule has 0 saturated carbocycles. The van der Waals surface area contributed by atoms with Crippen LogP contribution in [0.25, 0.3) is 0 Å². The van der Waals surface area contributed by atoms with Crippen molar-refractivity contribution in [2.24, 2.45) is 0 Å². The summed E-state index contributed by atoms with van der Waals surface area (Å²) in [6, 6.07) is 15.3. The van der Waals surface area contributed by atoms with E-state index in [9.17, 15) is 0 Å². The van der Waals surface area contributed by atoms with Crippen LogP contribution in [-0.4, -0.2) is 0 Å². The van der Waals surface area contributed by atoms with Crippen LogP contribution in [-0.2, 0) is 6.54 Å². The van der Waals surface area contributed by atoms with Gasteiger partial charge in [-0.25, -0.2) is 5.43 Å². The molecule has 0 bridgehead atoms. The van der Waals surface area contributed by atoms with Crippen LogP contribution < -0.4 is 10.9 Å². The van der Waals surface area contributed by atoms with E-state index in [-0.39, 0.29) is 0 Å². The molecule has 2 aromatic rings. The Bertz CT molecular complexity index is 466. The van der Waals surface area contributed by atoms with Gasteiger partial charge < -0.3 is 5.43 Å². The van der Waals surface area contributed by atoms with Gasteiger partial charge in [-0.2, -0.15) is 0 Å². The molecule has 0 saturated heterocycles. The number of hydrogen-bond donors (Lipinski definition) is 2. The summed E-state index contributed by atoms with van der Waals surface area (Å²) in [5.74, 6) is 0. The molecule has 0 aromatic heterocycles. The minimum Gasteiger partial charge on any atom is -0.321 e. The Labute approximate surface area is 111 Å². The summed E-state index contributed by atoms with van der Waals surface area (Å²) >= 11 is 12.1. The van der Waals surface area contributed by atoms with Gasteiger partial charge in [0.25, 0.3) is 0 Å². The molecule has 0 amide bonds. The van der Waals surface area contributed by atoms with Crippen molar-refractivity contribution in [3.63, 3.8) is 0 Å². The lowest BCUT2D eigenvalue weighted by molar-refractivity contribution is 0.802. The monoisotopic (exact) mass is 266 g/mol. The Morgan fingerprint density at radius 3 is 2.12 bits per heavy atom. The number of halogens is 2. The number of anilines is 1. The molecule has 0 aliphatic heterocycles. The summed E-state index contributed by atoms with van der Waals surface area (Å²) < 4.78 is 0. The van der Waals surface area contributed by atoms with Crippen LogP contribution >= 0.6 is 23.2 Å². The fourth-order valence-electron chi connectivity index (χ4n) is 1.46. The second kappa shape index (κ2) is 5.92. The van der Waals surface area contributed by atoms with E-state index in [1.54, 1.807) is 0 Å². The van der Waals surface area contributed by atoms with Crippen molar-refractivity contribution in [3.05, 3.63) is 64.1 Å². The number of benzene rings is 2. The van der Waals surface area contributed by atoms with E-state index in [1.165, 1.54) is 0 Å². The molecule has 2 aromatic carbocycles. The van der Waals surface area contributed by atoms with Gasteiger partial charge in [-0.15, -0.1) is 0 Å². The van der Waals surface area contributed by atoms with E-state index < -0.39 is 0 Å². The van der Waals surface area contributed by atoms with E-state index in [0.29, 0.717) is 16.6 Å². The highest BCUT2D eigenvalue weighted by Gasteiger charge is 2.04. The fourth-order valence-corrected chi connectivity index (χ4v) is 1.99. The maximum Gasteiger partial charge on any atom is 0.0487 e. The summed E-state index contributed by atoms with van der Waals surface area (Å²) in [6.07, 6.45) is 0. The number of hydrogen-bond acceptors (Lipinski definition) is 2. The van der Waals surface area contributed by atoms with Crippen LogP contribution in [0.3, 0.4) is 0 Å². The highest BCUT2D eigenvalue weighted by molar-refractivity contribution is 6.35. The van der Waals surface area contributed by atoms with Gasteiger partial charge in [0, 0.05) is 27.8 Å². The average molecular weight is 267 g/mol. The third-order valence-electron chi connectivity index (χ3n) is 2.33. The SMILES string of the molecule is Clc1cccc(Cl)c1CNNc1ccccc1. The second-order valence-corrected chi connectivity index (χ2v) is 4.36. The van der Waals surface area contributed by atoms with Gasteiger partial charge in [0.15, 0.2) is 0 Å². The van der Waals surface area contributed by atoms with Crippen molar-refractivity contribution in [2.45, 2.75) is 6.54 Å². The third-order valence-corrected chi connectivity index (χ3v) is 3.04. The van der Waals surface area contributed by atoms with Crippen LogP contribution in [0.15, 0.2) is 48.5 Å². The first kappa shape index (κ1) is 12.2. The van der Waals surface area contributed by atoms with E-state index in [2.05, 4.69) is 10.9 Å². The van der Waals surface area contributed by atoms with Crippen molar-refractivity contribution in [1.82, 2.24) is 5.43 Å². The molecular weight excluding hydrogens is 255 g/mol. The van der Waals surface area contributed by atoms with Gasteiger partial charge in [-0.05, 0) is 24.3 Å². The molecule has 88 valence electrons. The highest BCUT2D eigenvalue weighted by atomic mass is 35.5. The number of para-hydroxylation sites is 1. The van der Waals surface area contributed by atoms with Gasteiger partial charge in [0.2, 0.25) is 0 Å². The summed E-state index contributed by atoms with van der Waals surface area (Å²) in [6.45, 7) is 0.563. The van der Waals surface area contributed by atoms with E-state index >= 15 is 0 Å². The Hall–Kier alpha value is -1.22. The number of nitrogens with one attached hydrogen (secondary N) is 2. The van der Waals surface area contributed by atoms with Crippen LogP contribution in [0.1, 0.15) is 5.56 Å². The molecule has 17 heavy (non-hydrogen) atoms. The summed E-state index contributed by atoms with van der Waals surface area (Å²) in [5, 5.41) is 1.33. The van der Waals surface area contributed by atoms with E-state index in [0.717, 1.165) is 11.3 Å². The van der Waals surface area contributed by atoms with Crippen LogP contribution in [0, 0.1) is 0 Å². The van der Waals surface area contributed by atoms with Crippen LogP contribution in [0.4, 0.5) is 5.69 Å². The maximum atomic E-state index is 6.06. The Morgan fingerprint density at radius 2 is 1.47 bits per heavy atom. The zero-order valence-corrected chi connectivity index (χ0v) is 10.6. The quantitative estimate of drug-likeness (QED) is 0.814. The van der Waals surface area contributed by atoms with E-state index in [1.807, 2.05) is 48.5 Å². The predicted molar refractivity (Wildman–Crippen MR) is 73.4 cm³/mol. The predicted octanol–water partition coefficient (Wildman–Crippen LogP) is 4.11. The molecule has 2 N–H and O–H groups in total. The molecular formula is C13H12Cl2N2. The molecule has 0 atom stereocenters. The van der Waals surface area contributed by atoms with Gasteiger partial charge >= 0.3 is 0 Å². The molecule has 0 heterocycles. The van der Waals surface area contributed by atoms with Gasteiger partial charge in [0.05, 0.1) is 0 Å². The van der Waals surface area contributed by atoms with Gasteiger partial charge in [-0.3, -0.25) is 0 Å². The Kier molecular flexibility index (Phi) is 4.26. The molecule has 0 fully saturated rings. The molecule has 2 nitrogen and oxygen atoms in total. The molecule has 0 unspecified atom stereocenters. The first-order valence-corrected chi connectivity index (χ1v) is 6.00. The molecule has 0 aliphatic carbocycles. The van der Waals surface area contributed by atoms with E-state index in [4.69, 9.17) is 23.2 Å². The summed E-state index contributed by atoms with van der Waals surface area (Å²) in [7, 11) is 0. The topological polar surface area (TPSA) is 24.1 Å². The average Bonchev–Trinajstić information content (AvgIpc) is 2.34. The van der Waals surface area contributed by atoms with Crippen molar-refractivity contribution in [3.8, 4) is 0 Å². The van der Waals surface area contributed by atoms with Crippen molar-refractivity contribution < 1.29 is 0 Å². The van der Waals surface area contributed by atoms with Crippen LogP contribution in [0.5, 0.6) is 0 Å². The molecule has 0 spiro atoms. The number of rotatable bonds is 4. The second-order valence-electron chi connectivity index (χ2n) is 3.54. The van der Waals surface area contributed by atoms with Crippen LogP contribution in [0.2, 0.25) is 10.0 Å². The first-order chi connectivity index (χ1) is 8.27. The van der Waals surface area contributed by atoms with Crippen molar-refractivity contribution >= 4 is 28.9 Å². The zero-order chi connectivity index (χ0) is 12.1. The molecule has 0 radical (unpaired) electrons. The lowest BCUT2D eigenvalue weighted by atomic mass is 10.2. The maximum absolute atomic E-state index is 6.06. The normalized spacial score (nSPS) is 10.2. The third kappa shape index (κ3) is 3.37. The lowest BCUT2D eigenvalue weighted by Crippen LogP contribution is -2.21. The zero-order valence-electron chi connectivity index (χ0n) is 9.08. The Morgan fingerprint density at radius 1 is 0.824 bits per heavy atom. The molecule has 4 heteroatoms. The first-order valence-electron chi connectivity index (χ1n) is 5.24. The standard InChI is InChI=1S/C13H12Cl2N2/c14-12-7-4-8-13(15)11(12)9-16-17-10-5-2-1-3-6-10/h1-8,16-17H,9H2. The van der Waals surface area contributed by atoms with Crippen molar-refractivity contribution in [2.75, 3.05) is 5.43 Å². The lowest BCUT2D eigenvalue weighted by Gasteiger charge is -2.10. The largest absolute Gasteiger partial charge is 0.321 e.